The molecule has 0 aliphatic rings. The fourth-order valence-electron chi connectivity index (χ4n) is 1.09. The van der Waals surface area contributed by atoms with E-state index in [0.29, 0.717) is 3.57 Å². The zero-order valence-electron chi connectivity index (χ0n) is 7.73. The lowest BCUT2D eigenvalue weighted by Crippen LogP contribution is -2.45. The highest BCUT2D eigenvalue weighted by Gasteiger charge is 2.61. The molecule has 2 N–H and O–H groups in total. The number of hydrogen-bond donors (Lipinski definition) is 1. The van der Waals surface area contributed by atoms with Crippen LogP contribution in [0.1, 0.15) is 11.6 Å². The van der Waals surface area contributed by atoms with Crippen LogP contribution in [0.25, 0.3) is 0 Å². The van der Waals surface area contributed by atoms with E-state index in [2.05, 4.69) is 0 Å². The highest BCUT2D eigenvalue weighted by molar-refractivity contribution is 14.1. The van der Waals surface area contributed by atoms with E-state index in [-0.39, 0.29) is 5.56 Å². The lowest BCUT2D eigenvalue weighted by molar-refractivity contribution is -0.291. The van der Waals surface area contributed by atoms with Gasteiger partial charge in [-0.2, -0.15) is 22.0 Å². The molecule has 1 nitrogen and oxygen atoms in total. The first-order valence-corrected chi connectivity index (χ1v) is 5.19. The summed E-state index contributed by atoms with van der Waals surface area (Å²) in [5.41, 5.74) is 4.71. The Labute approximate surface area is 102 Å². The summed E-state index contributed by atoms with van der Waals surface area (Å²) in [4.78, 5) is 0. The van der Waals surface area contributed by atoms with Gasteiger partial charge in [0.05, 0.1) is 0 Å². The van der Waals surface area contributed by atoms with Crippen molar-refractivity contribution in [3.63, 3.8) is 0 Å². The summed E-state index contributed by atoms with van der Waals surface area (Å²) in [6, 6.07) is 2.91. The van der Waals surface area contributed by atoms with E-state index in [1.165, 1.54) is 12.1 Å². The molecule has 16 heavy (non-hydrogen) atoms. The third-order valence-electron chi connectivity index (χ3n) is 1.98. The molecule has 0 aliphatic carbocycles. The summed E-state index contributed by atoms with van der Waals surface area (Å²) >= 11 is 1.81. The molecule has 0 bridgehead atoms. The van der Waals surface area contributed by atoms with E-state index in [1.54, 1.807) is 28.7 Å². The molecule has 0 aromatic heterocycles. The topological polar surface area (TPSA) is 26.0 Å². The zero-order chi connectivity index (χ0) is 12.6. The molecule has 0 heterocycles. The molecular formula is C9H7F5IN. The van der Waals surface area contributed by atoms with E-state index < -0.39 is 18.1 Å². The molecular weight excluding hydrogens is 344 g/mol. The molecule has 0 saturated carbocycles. The van der Waals surface area contributed by atoms with Gasteiger partial charge in [0, 0.05) is 3.57 Å². The lowest BCUT2D eigenvalue weighted by Gasteiger charge is -2.25. The molecule has 0 unspecified atom stereocenters. The van der Waals surface area contributed by atoms with Crippen LogP contribution >= 0.6 is 22.6 Å². The first-order chi connectivity index (χ1) is 7.16. The number of benzene rings is 1. The van der Waals surface area contributed by atoms with E-state index in [4.69, 9.17) is 5.73 Å². The molecule has 0 aliphatic heterocycles. The fraction of sp³-hybridized carbons (Fsp3) is 0.333. The van der Waals surface area contributed by atoms with Crippen molar-refractivity contribution in [3.8, 4) is 0 Å². The van der Waals surface area contributed by atoms with Crippen LogP contribution in [0.2, 0.25) is 0 Å². The number of rotatable bonds is 2. The first-order valence-electron chi connectivity index (χ1n) is 4.12. The summed E-state index contributed by atoms with van der Waals surface area (Å²) in [6.45, 7) is 0. The van der Waals surface area contributed by atoms with Gasteiger partial charge >= 0.3 is 12.1 Å². The van der Waals surface area contributed by atoms with E-state index in [9.17, 15) is 22.0 Å². The van der Waals surface area contributed by atoms with Gasteiger partial charge < -0.3 is 5.73 Å². The molecule has 1 atom stereocenters. The van der Waals surface area contributed by atoms with Gasteiger partial charge in [0.2, 0.25) is 0 Å². The van der Waals surface area contributed by atoms with Gasteiger partial charge in [-0.25, -0.2) is 0 Å². The van der Waals surface area contributed by atoms with Gasteiger partial charge in [-0.1, -0.05) is 12.1 Å². The second-order valence-corrected chi connectivity index (χ2v) is 4.40. The molecule has 0 fully saturated rings. The van der Waals surface area contributed by atoms with Crippen LogP contribution < -0.4 is 5.73 Å². The normalized spacial score (nSPS) is 14.9. The second kappa shape index (κ2) is 4.44. The predicted octanol–water partition coefficient (Wildman–Crippen LogP) is 3.49. The van der Waals surface area contributed by atoms with Crippen LogP contribution in [0, 0.1) is 3.57 Å². The summed E-state index contributed by atoms with van der Waals surface area (Å²) in [5.74, 6) is -4.93. The maximum atomic E-state index is 12.9. The Morgan fingerprint density at radius 1 is 1.12 bits per heavy atom. The predicted molar refractivity (Wildman–Crippen MR) is 57.1 cm³/mol. The summed E-state index contributed by atoms with van der Waals surface area (Å²) in [7, 11) is 0. The van der Waals surface area contributed by atoms with Gasteiger partial charge in [-0.15, -0.1) is 0 Å². The Hall–Kier alpha value is -0.440. The average Bonchev–Trinajstić information content (AvgIpc) is 2.14. The molecule has 7 heteroatoms. The van der Waals surface area contributed by atoms with E-state index in [0.717, 1.165) is 6.07 Å². The average molecular weight is 351 g/mol. The first kappa shape index (κ1) is 13.6. The molecule has 1 aromatic carbocycles. The van der Waals surface area contributed by atoms with Crippen LogP contribution in [0.3, 0.4) is 0 Å². The zero-order valence-corrected chi connectivity index (χ0v) is 9.89. The van der Waals surface area contributed by atoms with E-state index in [1.807, 2.05) is 0 Å². The van der Waals surface area contributed by atoms with Crippen molar-refractivity contribution in [1.82, 2.24) is 0 Å². The van der Waals surface area contributed by atoms with Crippen molar-refractivity contribution in [2.24, 2.45) is 5.73 Å². The maximum Gasteiger partial charge on any atom is 0.455 e. The van der Waals surface area contributed by atoms with E-state index >= 15 is 0 Å². The molecule has 1 rings (SSSR count). The number of halogens is 6. The van der Waals surface area contributed by atoms with Gasteiger partial charge in [-0.05, 0) is 40.3 Å². The quantitative estimate of drug-likeness (QED) is 0.641. The third kappa shape index (κ3) is 2.62. The molecule has 0 radical (unpaired) electrons. The largest absolute Gasteiger partial charge is 0.455 e. The Balaban J connectivity index is 3.07. The Bertz CT molecular complexity index is 376. The van der Waals surface area contributed by atoms with Crippen molar-refractivity contribution < 1.29 is 22.0 Å². The number of hydrogen-bond acceptors (Lipinski definition) is 1. The molecule has 1 aromatic rings. The molecule has 0 spiro atoms. The molecule has 0 amide bonds. The highest BCUT2D eigenvalue weighted by Crippen LogP contribution is 2.43. The van der Waals surface area contributed by atoms with Crippen molar-refractivity contribution in [2.45, 2.75) is 18.1 Å². The Morgan fingerprint density at radius 2 is 1.69 bits per heavy atom. The highest BCUT2D eigenvalue weighted by atomic mass is 127. The van der Waals surface area contributed by atoms with Crippen LogP contribution in [-0.2, 0) is 0 Å². The van der Waals surface area contributed by atoms with Crippen molar-refractivity contribution in [3.05, 3.63) is 33.4 Å². The minimum absolute atomic E-state index is 0.241. The summed E-state index contributed by atoms with van der Waals surface area (Å²) in [5, 5.41) is 0. The Kier molecular flexibility index (Phi) is 3.78. The van der Waals surface area contributed by atoms with Crippen molar-refractivity contribution in [1.29, 1.82) is 0 Å². The monoisotopic (exact) mass is 351 g/mol. The summed E-state index contributed by atoms with van der Waals surface area (Å²) < 4.78 is 62.4. The van der Waals surface area contributed by atoms with Crippen LogP contribution in [-0.4, -0.2) is 12.1 Å². The van der Waals surface area contributed by atoms with Gasteiger partial charge in [0.25, 0.3) is 0 Å². The standard InChI is InChI=1S/C9H7F5IN/c10-8(11,9(12,13)14)7(16)5-2-1-3-6(15)4-5/h1-4,7H,16H2/t7-/m0/s1. The lowest BCUT2D eigenvalue weighted by atomic mass is 10.0. The van der Waals surface area contributed by atoms with Gasteiger partial charge in [0.15, 0.2) is 0 Å². The third-order valence-corrected chi connectivity index (χ3v) is 2.65. The fourth-order valence-corrected chi connectivity index (χ4v) is 1.65. The number of alkyl halides is 5. The summed E-state index contributed by atoms with van der Waals surface area (Å²) in [6.07, 6.45) is -5.65. The number of nitrogens with two attached hydrogens (primary N) is 1. The van der Waals surface area contributed by atoms with Crippen molar-refractivity contribution in [2.75, 3.05) is 0 Å². The minimum atomic E-state index is -5.65. The Morgan fingerprint density at radius 3 is 2.12 bits per heavy atom. The van der Waals surface area contributed by atoms with Crippen molar-refractivity contribution >= 4 is 22.6 Å². The molecule has 90 valence electrons. The molecule has 0 saturated heterocycles. The van der Waals surface area contributed by atoms with Gasteiger partial charge in [0.1, 0.15) is 6.04 Å². The maximum absolute atomic E-state index is 12.9. The van der Waals surface area contributed by atoms with Crippen LogP contribution in [0.4, 0.5) is 22.0 Å². The SMILES string of the molecule is N[C@@H](c1cccc(I)c1)C(F)(F)C(F)(F)F. The smallest absolute Gasteiger partial charge is 0.319 e. The van der Waals surface area contributed by atoms with Crippen LogP contribution in [0.15, 0.2) is 24.3 Å². The minimum Gasteiger partial charge on any atom is -0.319 e. The van der Waals surface area contributed by atoms with Gasteiger partial charge in [-0.3, -0.25) is 0 Å². The van der Waals surface area contributed by atoms with Crippen LogP contribution in [0.5, 0.6) is 0 Å². The second-order valence-electron chi connectivity index (χ2n) is 3.15.